The molecule has 0 saturated heterocycles. The number of anilines is 1. The van der Waals surface area contributed by atoms with E-state index in [1.165, 1.54) is 10.6 Å². The van der Waals surface area contributed by atoms with Crippen LogP contribution in [0.1, 0.15) is 5.56 Å². The largest absolute Gasteiger partial charge is 0.344 e. The van der Waals surface area contributed by atoms with Gasteiger partial charge in [-0.25, -0.2) is 9.89 Å². The Balaban J connectivity index is 1.64. The van der Waals surface area contributed by atoms with E-state index in [1.807, 2.05) is 30.3 Å². The van der Waals surface area contributed by atoms with Crippen molar-refractivity contribution in [2.75, 3.05) is 11.1 Å². The fourth-order valence-corrected chi connectivity index (χ4v) is 3.74. The molecule has 0 bridgehead atoms. The number of rotatable bonds is 8. The third-order valence-corrected chi connectivity index (χ3v) is 5.38. The number of halogens is 2. The predicted octanol–water partition coefficient (Wildman–Crippen LogP) is 3.67. The lowest BCUT2D eigenvalue weighted by Crippen LogP contribution is -2.19. The van der Waals surface area contributed by atoms with Gasteiger partial charge in [-0.15, -0.1) is 5.10 Å². The standard InChI is InChI=1S/C18H16F2N4O2S2/c19-16(20)28-14-9-5-4-8-13(14)21-15(25)11-27-18-23-22-17(26)24(18)10-12-6-2-1-3-7-12/h1-9,16H,10-11H2,(H,21,25)(H,22,26). The molecule has 0 aliphatic rings. The number of aromatic nitrogens is 3. The van der Waals surface area contributed by atoms with Crippen molar-refractivity contribution in [2.24, 2.45) is 0 Å². The maximum atomic E-state index is 12.6. The molecule has 146 valence electrons. The number of thioether (sulfide) groups is 2. The minimum Gasteiger partial charge on any atom is -0.324 e. The molecule has 0 atom stereocenters. The van der Waals surface area contributed by atoms with Gasteiger partial charge < -0.3 is 5.32 Å². The highest BCUT2D eigenvalue weighted by Crippen LogP contribution is 2.31. The van der Waals surface area contributed by atoms with Crippen LogP contribution in [0.25, 0.3) is 0 Å². The van der Waals surface area contributed by atoms with E-state index in [4.69, 9.17) is 0 Å². The molecule has 3 rings (SSSR count). The second kappa shape index (κ2) is 9.56. The van der Waals surface area contributed by atoms with E-state index >= 15 is 0 Å². The van der Waals surface area contributed by atoms with Crippen LogP contribution in [0, 0.1) is 0 Å². The molecule has 0 aliphatic heterocycles. The maximum Gasteiger partial charge on any atom is 0.344 e. The average molecular weight is 422 g/mol. The molecule has 1 aromatic heterocycles. The van der Waals surface area contributed by atoms with E-state index in [-0.39, 0.29) is 22.2 Å². The van der Waals surface area contributed by atoms with Gasteiger partial charge in [0.25, 0.3) is 5.76 Å². The number of nitrogens with zero attached hydrogens (tertiary/aromatic N) is 2. The highest BCUT2D eigenvalue weighted by atomic mass is 32.2. The second-order valence-electron chi connectivity index (χ2n) is 5.59. The Labute approximate surface area is 167 Å². The molecule has 0 radical (unpaired) electrons. The molecule has 0 saturated carbocycles. The molecule has 10 heteroatoms. The van der Waals surface area contributed by atoms with Gasteiger partial charge >= 0.3 is 5.69 Å². The van der Waals surface area contributed by atoms with Crippen LogP contribution in [-0.2, 0) is 11.3 Å². The van der Waals surface area contributed by atoms with Crippen molar-refractivity contribution in [2.45, 2.75) is 22.4 Å². The van der Waals surface area contributed by atoms with Crippen molar-refractivity contribution in [3.8, 4) is 0 Å². The second-order valence-corrected chi connectivity index (χ2v) is 7.57. The summed E-state index contributed by atoms with van der Waals surface area (Å²) in [4.78, 5) is 24.5. The van der Waals surface area contributed by atoms with Crippen LogP contribution in [-0.4, -0.2) is 32.2 Å². The van der Waals surface area contributed by atoms with Crippen LogP contribution in [0.4, 0.5) is 14.5 Å². The van der Waals surface area contributed by atoms with E-state index in [9.17, 15) is 18.4 Å². The molecule has 0 spiro atoms. The molecule has 0 fully saturated rings. The van der Waals surface area contributed by atoms with Gasteiger partial charge in [-0.2, -0.15) is 8.78 Å². The number of carbonyl (C=O) groups is 1. The summed E-state index contributed by atoms with van der Waals surface area (Å²) in [5, 5.41) is 9.33. The Morgan fingerprint density at radius 3 is 2.61 bits per heavy atom. The monoisotopic (exact) mass is 422 g/mol. The summed E-state index contributed by atoms with van der Waals surface area (Å²) < 4.78 is 26.7. The van der Waals surface area contributed by atoms with Crippen molar-refractivity contribution in [1.29, 1.82) is 0 Å². The lowest BCUT2D eigenvalue weighted by Gasteiger charge is -2.10. The zero-order chi connectivity index (χ0) is 19.9. The molecule has 0 aliphatic carbocycles. The molecule has 28 heavy (non-hydrogen) atoms. The van der Waals surface area contributed by atoms with Gasteiger partial charge in [-0.05, 0) is 17.7 Å². The molecular formula is C18H16F2N4O2S2. The van der Waals surface area contributed by atoms with Crippen molar-refractivity contribution in [3.63, 3.8) is 0 Å². The Kier molecular flexibility index (Phi) is 6.88. The number of amides is 1. The first-order chi connectivity index (χ1) is 13.5. The third kappa shape index (κ3) is 5.46. The Morgan fingerprint density at radius 1 is 1.14 bits per heavy atom. The smallest absolute Gasteiger partial charge is 0.324 e. The molecule has 3 aromatic rings. The summed E-state index contributed by atoms with van der Waals surface area (Å²) in [6.45, 7) is 0.327. The van der Waals surface area contributed by atoms with E-state index in [2.05, 4.69) is 15.5 Å². The van der Waals surface area contributed by atoms with Crippen LogP contribution in [0.3, 0.4) is 0 Å². The minimum absolute atomic E-state index is 0.0211. The minimum atomic E-state index is -2.58. The number of hydrogen-bond acceptors (Lipinski definition) is 5. The van der Waals surface area contributed by atoms with Gasteiger partial charge in [0.15, 0.2) is 5.16 Å². The Hall–Kier alpha value is -2.59. The van der Waals surface area contributed by atoms with Crippen molar-refractivity contribution in [3.05, 3.63) is 70.6 Å². The molecule has 6 nitrogen and oxygen atoms in total. The van der Waals surface area contributed by atoms with Crippen LogP contribution in [0.5, 0.6) is 0 Å². The topological polar surface area (TPSA) is 79.8 Å². The SMILES string of the molecule is O=C(CSc1n[nH]c(=O)n1Cc1ccccc1)Nc1ccccc1SC(F)F. The summed E-state index contributed by atoms with van der Waals surface area (Å²) in [7, 11) is 0. The van der Waals surface area contributed by atoms with E-state index < -0.39 is 5.76 Å². The van der Waals surface area contributed by atoms with E-state index in [0.717, 1.165) is 17.3 Å². The van der Waals surface area contributed by atoms with Crippen molar-refractivity contribution in [1.82, 2.24) is 14.8 Å². The number of nitrogens with one attached hydrogen (secondary N) is 2. The summed E-state index contributed by atoms with van der Waals surface area (Å²) >= 11 is 1.46. The fourth-order valence-electron chi connectivity index (χ4n) is 2.40. The van der Waals surface area contributed by atoms with Gasteiger partial charge in [0.1, 0.15) is 0 Å². The summed E-state index contributed by atoms with van der Waals surface area (Å²) in [5.41, 5.74) is 0.878. The number of benzene rings is 2. The van der Waals surface area contributed by atoms with Gasteiger partial charge in [0.05, 0.1) is 18.0 Å². The lowest BCUT2D eigenvalue weighted by atomic mass is 10.2. The van der Waals surface area contributed by atoms with Gasteiger partial charge in [-0.1, -0.05) is 66.0 Å². The molecule has 2 N–H and O–H groups in total. The first kappa shape index (κ1) is 20.2. The fraction of sp³-hybridized carbons (Fsp3) is 0.167. The quantitative estimate of drug-likeness (QED) is 0.542. The molecule has 1 heterocycles. The maximum absolute atomic E-state index is 12.6. The average Bonchev–Trinajstić information content (AvgIpc) is 3.02. The summed E-state index contributed by atoms with van der Waals surface area (Å²) in [6, 6.07) is 15.8. The number of para-hydroxylation sites is 1. The first-order valence-electron chi connectivity index (χ1n) is 8.18. The molecular weight excluding hydrogens is 406 g/mol. The first-order valence-corrected chi connectivity index (χ1v) is 10.0. The highest BCUT2D eigenvalue weighted by Gasteiger charge is 2.14. The van der Waals surface area contributed by atoms with Crippen molar-refractivity contribution >= 4 is 35.1 Å². The number of hydrogen-bond donors (Lipinski definition) is 2. The predicted molar refractivity (Wildman–Crippen MR) is 106 cm³/mol. The van der Waals surface area contributed by atoms with Crippen LogP contribution < -0.4 is 11.0 Å². The van der Waals surface area contributed by atoms with Crippen LogP contribution >= 0.6 is 23.5 Å². The molecule has 2 aromatic carbocycles. The summed E-state index contributed by atoms with van der Waals surface area (Å²) in [5.74, 6) is -2.98. The Morgan fingerprint density at radius 2 is 1.86 bits per heavy atom. The van der Waals surface area contributed by atoms with Crippen LogP contribution in [0.2, 0.25) is 0 Å². The van der Waals surface area contributed by atoms with E-state index in [1.54, 1.807) is 18.2 Å². The van der Waals surface area contributed by atoms with Gasteiger partial charge in [0.2, 0.25) is 5.91 Å². The Bertz CT molecular complexity index is 993. The molecule has 1 amide bonds. The lowest BCUT2D eigenvalue weighted by molar-refractivity contribution is -0.113. The molecule has 0 unspecified atom stereocenters. The third-order valence-electron chi connectivity index (χ3n) is 3.62. The number of aromatic amines is 1. The van der Waals surface area contributed by atoms with Gasteiger partial charge in [0, 0.05) is 4.90 Å². The summed E-state index contributed by atoms with van der Waals surface area (Å²) in [6.07, 6.45) is 0. The number of carbonyl (C=O) groups excluding carboxylic acids is 1. The zero-order valence-corrected chi connectivity index (χ0v) is 16.1. The highest BCUT2D eigenvalue weighted by molar-refractivity contribution is 8.00. The normalized spacial score (nSPS) is 11.0. The van der Waals surface area contributed by atoms with Crippen molar-refractivity contribution < 1.29 is 13.6 Å². The number of alkyl halides is 2. The van der Waals surface area contributed by atoms with Gasteiger partial charge in [-0.3, -0.25) is 9.36 Å². The van der Waals surface area contributed by atoms with E-state index in [0.29, 0.717) is 29.2 Å². The zero-order valence-electron chi connectivity index (χ0n) is 14.5. The van der Waals surface area contributed by atoms with Crippen LogP contribution in [0.15, 0.2) is 69.4 Å². The number of H-pyrrole nitrogens is 1.